The van der Waals surface area contributed by atoms with E-state index in [1.807, 2.05) is 25.1 Å². The molecule has 3 nitrogen and oxygen atoms in total. The summed E-state index contributed by atoms with van der Waals surface area (Å²) in [6, 6.07) is 5.92. The molecule has 0 bridgehead atoms. The van der Waals surface area contributed by atoms with E-state index in [4.69, 9.17) is 22.4 Å². The molecule has 0 aliphatic carbocycles. The predicted octanol–water partition coefficient (Wildman–Crippen LogP) is 2.57. The van der Waals surface area contributed by atoms with Crippen molar-refractivity contribution in [1.82, 2.24) is 0 Å². The van der Waals surface area contributed by atoms with Crippen LogP contribution in [0.15, 0.2) is 18.2 Å². The zero-order valence-electron chi connectivity index (χ0n) is 10.5. The largest absolute Gasteiger partial charge is 0.396 e. The Hall–Kier alpha value is -0.770. The number of halogens is 1. The molecule has 0 aliphatic heterocycles. The Morgan fingerprint density at radius 1 is 1.47 bits per heavy atom. The van der Waals surface area contributed by atoms with Crippen LogP contribution in [0, 0.1) is 0 Å². The van der Waals surface area contributed by atoms with E-state index in [-0.39, 0.29) is 12.6 Å². The Labute approximate surface area is 108 Å². The summed E-state index contributed by atoms with van der Waals surface area (Å²) in [4.78, 5) is 2.16. The lowest BCUT2D eigenvalue weighted by molar-refractivity contribution is 0.289. The minimum Gasteiger partial charge on any atom is -0.396 e. The van der Waals surface area contributed by atoms with Crippen molar-refractivity contribution < 1.29 is 5.11 Å². The highest BCUT2D eigenvalue weighted by molar-refractivity contribution is 6.33. The molecular weight excluding hydrogens is 236 g/mol. The molecule has 0 spiro atoms. The van der Waals surface area contributed by atoms with Crippen LogP contribution in [0.2, 0.25) is 5.02 Å². The minimum atomic E-state index is -0.00549. The number of nitrogens with zero attached hydrogens (tertiary/aromatic N) is 1. The summed E-state index contributed by atoms with van der Waals surface area (Å²) in [6.07, 6.45) is 0.749. The Balaban J connectivity index is 2.88. The summed E-state index contributed by atoms with van der Waals surface area (Å²) in [7, 11) is 0. The van der Waals surface area contributed by atoms with Gasteiger partial charge in [-0.3, -0.25) is 0 Å². The van der Waals surface area contributed by atoms with Gasteiger partial charge in [-0.2, -0.15) is 0 Å². The molecule has 96 valence electrons. The third-order valence-corrected chi connectivity index (χ3v) is 3.11. The maximum Gasteiger partial charge on any atom is 0.0642 e. The second-order valence-corrected chi connectivity index (χ2v) is 4.56. The average Bonchev–Trinajstić information content (AvgIpc) is 2.31. The highest BCUT2D eigenvalue weighted by atomic mass is 35.5. The number of benzene rings is 1. The highest BCUT2D eigenvalue weighted by Gasteiger charge is 2.10. The van der Waals surface area contributed by atoms with Crippen LogP contribution >= 0.6 is 11.6 Å². The van der Waals surface area contributed by atoms with Crippen LogP contribution in [-0.2, 0) is 0 Å². The molecule has 1 unspecified atom stereocenters. The molecular formula is C13H21ClN2O. The van der Waals surface area contributed by atoms with Crippen molar-refractivity contribution in [3.05, 3.63) is 28.8 Å². The molecule has 3 N–H and O–H groups in total. The molecule has 0 fully saturated rings. The molecule has 0 amide bonds. The van der Waals surface area contributed by atoms with E-state index < -0.39 is 0 Å². The average molecular weight is 257 g/mol. The van der Waals surface area contributed by atoms with E-state index in [0.29, 0.717) is 0 Å². The fourth-order valence-corrected chi connectivity index (χ4v) is 2.08. The van der Waals surface area contributed by atoms with E-state index in [0.717, 1.165) is 35.8 Å². The van der Waals surface area contributed by atoms with Crippen molar-refractivity contribution in [2.45, 2.75) is 26.3 Å². The monoisotopic (exact) mass is 256 g/mol. The van der Waals surface area contributed by atoms with Gasteiger partial charge in [0.1, 0.15) is 0 Å². The van der Waals surface area contributed by atoms with Crippen molar-refractivity contribution in [3.8, 4) is 0 Å². The Bertz CT molecular complexity index is 355. The maximum atomic E-state index is 8.87. The molecule has 1 aromatic rings. The normalized spacial score (nSPS) is 12.5. The zero-order chi connectivity index (χ0) is 12.8. The Kier molecular flexibility index (Phi) is 5.75. The van der Waals surface area contributed by atoms with E-state index in [9.17, 15) is 0 Å². The maximum absolute atomic E-state index is 8.87. The Morgan fingerprint density at radius 3 is 2.65 bits per heavy atom. The van der Waals surface area contributed by atoms with Gasteiger partial charge in [-0.1, -0.05) is 17.7 Å². The van der Waals surface area contributed by atoms with Crippen LogP contribution in [-0.4, -0.2) is 24.8 Å². The number of hydrogen-bond acceptors (Lipinski definition) is 3. The van der Waals surface area contributed by atoms with Crippen molar-refractivity contribution in [1.29, 1.82) is 0 Å². The van der Waals surface area contributed by atoms with Crippen LogP contribution in [0.4, 0.5) is 5.69 Å². The molecule has 0 heterocycles. The van der Waals surface area contributed by atoms with Crippen molar-refractivity contribution in [2.24, 2.45) is 5.73 Å². The summed E-state index contributed by atoms with van der Waals surface area (Å²) in [5.74, 6) is 0. The summed E-state index contributed by atoms with van der Waals surface area (Å²) < 4.78 is 0. The smallest absolute Gasteiger partial charge is 0.0642 e. The van der Waals surface area contributed by atoms with Crippen LogP contribution in [0.1, 0.15) is 31.9 Å². The van der Waals surface area contributed by atoms with Gasteiger partial charge in [0.25, 0.3) is 0 Å². The van der Waals surface area contributed by atoms with Gasteiger partial charge in [0.05, 0.1) is 10.7 Å². The first-order valence-corrected chi connectivity index (χ1v) is 6.38. The summed E-state index contributed by atoms with van der Waals surface area (Å²) in [5.41, 5.74) is 7.86. The lowest BCUT2D eigenvalue weighted by Gasteiger charge is -2.24. The molecule has 0 aliphatic rings. The van der Waals surface area contributed by atoms with E-state index in [1.54, 1.807) is 0 Å². The van der Waals surface area contributed by atoms with E-state index >= 15 is 0 Å². The first-order chi connectivity index (χ1) is 8.10. The fraction of sp³-hybridized carbons (Fsp3) is 0.538. The van der Waals surface area contributed by atoms with Crippen LogP contribution in [0.3, 0.4) is 0 Å². The van der Waals surface area contributed by atoms with Gasteiger partial charge >= 0.3 is 0 Å². The topological polar surface area (TPSA) is 49.5 Å². The van der Waals surface area contributed by atoms with Gasteiger partial charge in [0, 0.05) is 25.7 Å². The lowest BCUT2D eigenvalue weighted by atomic mass is 10.1. The van der Waals surface area contributed by atoms with Gasteiger partial charge in [-0.25, -0.2) is 0 Å². The highest BCUT2D eigenvalue weighted by Crippen LogP contribution is 2.28. The van der Waals surface area contributed by atoms with Gasteiger partial charge in [0.2, 0.25) is 0 Å². The number of aliphatic hydroxyl groups excluding tert-OH is 1. The molecule has 17 heavy (non-hydrogen) atoms. The van der Waals surface area contributed by atoms with Gasteiger partial charge < -0.3 is 15.7 Å². The number of anilines is 1. The summed E-state index contributed by atoms with van der Waals surface area (Å²) >= 11 is 6.27. The second-order valence-electron chi connectivity index (χ2n) is 4.16. The zero-order valence-corrected chi connectivity index (χ0v) is 11.2. The molecule has 0 radical (unpaired) electrons. The summed E-state index contributed by atoms with van der Waals surface area (Å²) in [5, 5.41) is 9.59. The van der Waals surface area contributed by atoms with Gasteiger partial charge in [-0.05, 0) is 38.0 Å². The third kappa shape index (κ3) is 3.87. The van der Waals surface area contributed by atoms with E-state index in [2.05, 4.69) is 11.8 Å². The van der Waals surface area contributed by atoms with Crippen LogP contribution in [0.25, 0.3) is 0 Å². The van der Waals surface area contributed by atoms with Crippen molar-refractivity contribution >= 4 is 17.3 Å². The second kappa shape index (κ2) is 6.84. The number of nitrogens with two attached hydrogens (primary N) is 1. The molecule has 0 saturated carbocycles. The predicted molar refractivity (Wildman–Crippen MR) is 73.6 cm³/mol. The number of hydrogen-bond donors (Lipinski definition) is 2. The van der Waals surface area contributed by atoms with Crippen LogP contribution < -0.4 is 10.6 Å². The first kappa shape index (κ1) is 14.3. The number of rotatable bonds is 6. The molecule has 0 aromatic heterocycles. The van der Waals surface area contributed by atoms with Crippen molar-refractivity contribution in [2.75, 3.05) is 24.6 Å². The van der Waals surface area contributed by atoms with Crippen LogP contribution in [0.5, 0.6) is 0 Å². The first-order valence-electron chi connectivity index (χ1n) is 6.01. The SMILES string of the molecule is CCN(CCCO)c1ccc(C(C)N)cc1Cl. The van der Waals surface area contributed by atoms with Gasteiger partial charge in [-0.15, -0.1) is 0 Å². The number of aliphatic hydroxyl groups is 1. The standard InChI is InChI=1S/C13H21ClN2O/c1-3-16(7-4-8-17)13-6-5-11(10(2)15)9-12(13)14/h5-6,9-10,17H,3-4,7-8,15H2,1-2H3. The molecule has 1 aromatic carbocycles. The molecule has 4 heteroatoms. The molecule has 1 atom stereocenters. The van der Waals surface area contributed by atoms with E-state index in [1.165, 1.54) is 0 Å². The van der Waals surface area contributed by atoms with Gasteiger partial charge in [0.15, 0.2) is 0 Å². The quantitative estimate of drug-likeness (QED) is 0.823. The lowest BCUT2D eigenvalue weighted by Crippen LogP contribution is -2.25. The Morgan fingerprint density at radius 2 is 2.18 bits per heavy atom. The fourth-order valence-electron chi connectivity index (χ4n) is 1.77. The third-order valence-electron chi connectivity index (χ3n) is 2.81. The minimum absolute atomic E-state index is 0.00549. The van der Waals surface area contributed by atoms with Crippen molar-refractivity contribution in [3.63, 3.8) is 0 Å². The summed E-state index contributed by atoms with van der Waals surface area (Å²) in [6.45, 7) is 5.90. The molecule has 1 rings (SSSR count). The molecule has 0 saturated heterocycles.